The van der Waals surface area contributed by atoms with Gasteiger partial charge in [0.2, 0.25) is 0 Å². The maximum Gasteiger partial charge on any atom is 0.0559 e. The molecule has 0 spiro atoms. The molecule has 0 fully saturated rings. The average Bonchev–Trinajstić information content (AvgIpc) is 2.65. The van der Waals surface area contributed by atoms with Crippen molar-refractivity contribution in [1.29, 1.82) is 0 Å². The number of nitrogens with zero attached hydrogens (tertiary/aromatic N) is 2. The zero-order chi connectivity index (χ0) is 10.2. The number of hydrogen-bond donors (Lipinski definition) is 1. The zero-order valence-corrected chi connectivity index (χ0v) is 8.83. The zero-order valence-electron chi connectivity index (χ0n) is 8.83. The molecule has 0 aromatic carbocycles. The van der Waals surface area contributed by atoms with E-state index in [-0.39, 0.29) is 0 Å². The Labute approximate surface area is 85.5 Å². The Balaban J connectivity index is 2.15. The average molecular weight is 191 g/mol. The number of hydrogen-bond acceptors (Lipinski definition) is 2. The van der Waals surface area contributed by atoms with Crippen molar-refractivity contribution in [2.24, 2.45) is 0 Å². The monoisotopic (exact) mass is 191 g/mol. The van der Waals surface area contributed by atoms with Gasteiger partial charge in [-0.15, -0.1) is 11.8 Å². The Morgan fingerprint density at radius 3 is 3.07 bits per heavy atom. The molecule has 0 bridgehead atoms. The summed E-state index contributed by atoms with van der Waals surface area (Å²) in [5.41, 5.74) is 0. The molecule has 0 aliphatic heterocycles. The summed E-state index contributed by atoms with van der Waals surface area (Å²) in [7, 11) is 0. The summed E-state index contributed by atoms with van der Waals surface area (Å²) in [6.45, 7) is 5.88. The second-order valence-corrected chi connectivity index (χ2v) is 3.26. The van der Waals surface area contributed by atoms with Gasteiger partial charge in [-0.3, -0.25) is 4.68 Å². The first-order valence-electron chi connectivity index (χ1n) is 4.93. The second kappa shape index (κ2) is 6.22. The van der Waals surface area contributed by atoms with Crippen LogP contribution < -0.4 is 5.32 Å². The van der Waals surface area contributed by atoms with Crippen LogP contribution >= 0.6 is 0 Å². The molecule has 0 radical (unpaired) electrons. The summed E-state index contributed by atoms with van der Waals surface area (Å²) in [6.07, 6.45) is 4.69. The molecular formula is C11H17N3. The molecule has 3 heteroatoms. The van der Waals surface area contributed by atoms with Crippen LogP contribution in [0.4, 0.5) is 0 Å². The van der Waals surface area contributed by atoms with Crippen molar-refractivity contribution in [2.75, 3.05) is 6.54 Å². The first kappa shape index (κ1) is 10.8. The molecule has 1 unspecified atom stereocenters. The topological polar surface area (TPSA) is 29.9 Å². The third-order valence-electron chi connectivity index (χ3n) is 1.94. The van der Waals surface area contributed by atoms with E-state index < -0.39 is 0 Å². The molecule has 0 saturated carbocycles. The maximum atomic E-state index is 4.15. The molecule has 14 heavy (non-hydrogen) atoms. The van der Waals surface area contributed by atoms with Crippen molar-refractivity contribution in [3.8, 4) is 11.8 Å². The summed E-state index contributed by atoms with van der Waals surface area (Å²) in [6, 6.07) is 2.38. The van der Waals surface area contributed by atoms with E-state index >= 15 is 0 Å². The van der Waals surface area contributed by atoms with Crippen LogP contribution in [-0.4, -0.2) is 22.4 Å². The lowest BCUT2D eigenvalue weighted by molar-refractivity contribution is 0.456. The van der Waals surface area contributed by atoms with E-state index in [1.807, 2.05) is 23.9 Å². The van der Waals surface area contributed by atoms with Crippen molar-refractivity contribution in [2.45, 2.75) is 32.9 Å². The second-order valence-electron chi connectivity index (χ2n) is 3.26. The van der Waals surface area contributed by atoms with Crippen LogP contribution in [-0.2, 0) is 6.54 Å². The third-order valence-corrected chi connectivity index (χ3v) is 1.94. The van der Waals surface area contributed by atoms with E-state index in [1.165, 1.54) is 0 Å². The van der Waals surface area contributed by atoms with Crippen LogP contribution in [0, 0.1) is 11.8 Å². The number of nitrogens with one attached hydrogen (secondary N) is 1. The van der Waals surface area contributed by atoms with Crippen molar-refractivity contribution < 1.29 is 0 Å². The van der Waals surface area contributed by atoms with Crippen LogP contribution in [0.3, 0.4) is 0 Å². The third kappa shape index (κ3) is 4.11. The summed E-state index contributed by atoms with van der Waals surface area (Å²) in [4.78, 5) is 0. The Hall–Kier alpha value is -1.27. The van der Waals surface area contributed by atoms with Gasteiger partial charge >= 0.3 is 0 Å². The fraction of sp³-hybridized carbons (Fsp3) is 0.545. The van der Waals surface area contributed by atoms with Gasteiger partial charge in [0, 0.05) is 31.4 Å². The van der Waals surface area contributed by atoms with Gasteiger partial charge in [0.25, 0.3) is 0 Å². The fourth-order valence-electron chi connectivity index (χ4n) is 1.26. The van der Waals surface area contributed by atoms with Gasteiger partial charge in [0.15, 0.2) is 0 Å². The number of rotatable bonds is 5. The van der Waals surface area contributed by atoms with Gasteiger partial charge in [0.1, 0.15) is 0 Å². The van der Waals surface area contributed by atoms with E-state index in [2.05, 4.69) is 29.2 Å². The Morgan fingerprint density at radius 1 is 1.57 bits per heavy atom. The summed E-state index contributed by atoms with van der Waals surface area (Å²) in [5.74, 6) is 5.91. The minimum absolute atomic E-state index is 0.438. The van der Waals surface area contributed by atoms with Gasteiger partial charge in [0.05, 0.1) is 6.54 Å². The maximum absolute atomic E-state index is 4.15. The predicted molar refractivity (Wildman–Crippen MR) is 57.8 cm³/mol. The largest absolute Gasteiger partial charge is 0.311 e. The summed E-state index contributed by atoms with van der Waals surface area (Å²) >= 11 is 0. The van der Waals surface area contributed by atoms with E-state index in [1.54, 1.807) is 6.20 Å². The van der Waals surface area contributed by atoms with E-state index in [9.17, 15) is 0 Å². The van der Waals surface area contributed by atoms with Crippen LogP contribution in [0.2, 0.25) is 0 Å². The Bertz CT molecular complexity index is 292. The van der Waals surface area contributed by atoms with Crippen molar-refractivity contribution >= 4 is 0 Å². The highest BCUT2D eigenvalue weighted by molar-refractivity contribution is 4.95. The Morgan fingerprint density at radius 2 is 2.43 bits per heavy atom. The van der Waals surface area contributed by atoms with Gasteiger partial charge in [-0.05, 0) is 19.9 Å². The fourth-order valence-corrected chi connectivity index (χ4v) is 1.26. The van der Waals surface area contributed by atoms with Crippen LogP contribution in [0.25, 0.3) is 0 Å². The molecule has 1 atom stereocenters. The van der Waals surface area contributed by atoms with Crippen LogP contribution in [0.15, 0.2) is 18.5 Å². The molecule has 1 heterocycles. The smallest absolute Gasteiger partial charge is 0.0559 e. The van der Waals surface area contributed by atoms with Crippen LogP contribution in [0.1, 0.15) is 20.3 Å². The summed E-state index contributed by atoms with van der Waals surface area (Å²) < 4.78 is 1.93. The Kier molecular flexibility index (Phi) is 4.81. The molecule has 76 valence electrons. The molecule has 1 N–H and O–H groups in total. The van der Waals surface area contributed by atoms with E-state index in [0.29, 0.717) is 6.04 Å². The highest BCUT2D eigenvalue weighted by Crippen LogP contribution is 1.90. The molecule has 0 aliphatic carbocycles. The lowest BCUT2D eigenvalue weighted by Gasteiger charge is -2.12. The quantitative estimate of drug-likeness (QED) is 0.561. The molecule has 1 aromatic heterocycles. The first-order chi connectivity index (χ1) is 6.83. The first-order valence-corrected chi connectivity index (χ1v) is 4.93. The standard InChI is InChI=1S/C11H17N3/c1-3-4-5-7-12-11(2)10-14-9-6-8-13-14/h6,8-9,11-12H,5,7,10H2,1-2H3. The molecule has 3 nitrogen and oxygen atoms in total. The highest BCUT2D eigenvalue weighted by Gasteiger charge is 2.00. The van der Waals surface area contributed by atoms with Gasteiger partial charge in [-0.2, -0.15) is 5.10 Å². The normalized spacial score (nSPS) is 11.9. The van der Waals surface area contributed by atoms with Crippen molar-refractivity contribution in [3.05, 3.63) is 18.5 Å². The lowest BCUT2D eigenvalue weighted by atomic mass is 10.3. The van der Waals surface area contributed by atoms with Gasteiger partial charge in [-0.1, -0.05) is 0 Å². The van der Waals surface area contributed by atoms with Gasteiger partial charge in [-0.25, -0.2) is 0 Å². The highest BCUT2D eigenvalue weighted by atomic mass is 15.3. The van der Waals surface area contributed by atoms with Gasteiger partial charge < -0.3 is 5.32 Å². The number of aromatic nitrogens is 2. The SMILES string of the molecule is CC#CCCNC(C)Cn1cccn1. The molecule has 0 saturated heterocycles. The van der Waals surface area contributed by atoms with E-state index in [4.69, 9.17) is 0 Å². The van der Waals surface area contributed by atoms with E-state index in [0.717, 1.165) is 19.5 Å². The molecule has 0 amide bonds. The van der Waals surface area contributed by atoms with Crippen LogP contribution in [0.5, 0.6) is 0 Å². The predicted octanol–water partition coefficient (Wildman–Crippen LogP) is 1.27. The molecule has 0 aliphatic rings. The summed E-state index contributed by atoms with van der Waals surface area (Å²) in [5, 5.41) is 7.54. The molecular weight excluding hydrogens is 174 g/mol. The molecule has 1 aromatic rings. The van der Waals surface area contributed by atoms with Crippen molar-refractivity contribution in [1.82, 2.24) is 15.1 Å². The lowest BCUT2D eigenvalue weighted by Crippen LogP contribution is -2.31. The minimum Gasteiger partial charge on any atom is -0.311 e. The van der Waals surface area contributed by atoms with Crippen molar-refractivity contribution in [3.63, 3.8) is 0 Å². The minimum atomic E-state index is 0.438. The molecule has 1 rings (SSSR count).